The van der Waals surface area contributed by atoms with Gasteiger partial charge in [0.1, 0.15) is 0 Å². The van der Waals surface area contributed by atoms with Crippen LogP contribution in [0, 0.1) is 40.4 Å². The maximum absolute atomic E-state index is 12.0. The smallest absolute Gasteiger partial charge is 0.155 e. The van der Waals surface area contributed by atoms with Crippen LogP contribution in [0.3, 0.4) is 0 Å². The van der Waals surface area contributed by atoms with Crippen molar-refractivity contribution in [2.45, 2.75) is 111 Å². The van der Waals surface area contributed by atoms with Crippen LogP contribution in [0.25, 0.3) is 0 Å². The van der Waals surface area contributed by atoms with Gasteiger partial charge in [-0.15, -0.1) is 0 Å². The molecule has 4 rings (SSSR count). The molecule has 7 atom stereocenters. The van der Waals surface area contributed by atoms with Crippen LogP contribution in [0.1, 0.15) is 105 Å². The fourth-order valence-electron chi connectivity index (χ4n) is 8.62. The highest BCUT2D eigenvalue weighted by atomic mass is 16.3. The Hall–Kier alpha value is -0.630. The van der Waals surface area contributed by atoms with Crippen molar-refractivity contribution in [3.8, 4) is 0 Å². The minimum atomic E-state index is -0.522. The van der Waals surface area contributed by atoms with Crippen LogP contribution in [0.4, 0.5) is 0 Å². The van der Waals surface area contributed by atoms with Crippen LogP contribution in [0.5, 0.6) is 0 Å². The first-order valence-corrected chi connectivity index (χ1v) is 12.5. The van der Waals surface area contributed by atoms with Gasteiger partial charge in [-0.1, -0.05) is 46.1 Å². The molecule has 0 saturated heterocycles. The molecule has 4 aliphatic rings. The van der Waals surface area contributed by atoms with Crippen molar-refractivity contribution < 1.29 is 9.90 Å². The average molecular weight is 401 g/mol. The van der Waals surface area contributed by atoms with E-state index in [1.807, 2.05) is 6.08 Å². The van der Waals surface area contributed by atoms with E-state index in [1.54, 1.807) is 0 Å². The fourth-order valence-corrected chi connectivity index (χ4v) is 8.62. The lowest BCUT2D eigenvalue weighted by Crippen LogP contribution is -2.53. The van der Waals surface area contributed by atoms with Gasteiger partial charge in [-0.2, -0.15) is 0 Å². The number of hydrogen-bond acceptors (Lipinski definition) is 2. The Balaban J connectivity index is 1.53. The predicted octanol–water partition coefficient (Wildman–Crippen LogP) is 6.71. The summed E-state index contributed by atoms with van der Waals surface area (Å²) in [6, 6.07) is 0. The number of fused-ring (bicyclic) bond motifs is 5. The third-order valence-electron chi connectivity index (χ3n) is 10.2. The molecule has 5 unspecified atom stereocenters. The number of carbonyl (C=O) groups excluding carboxylic acids is 1. The lowest BCUT2D eigenvalue weighted by molar-refractivity contribution is -0.120. The molecule has 1 N–H and O–H groups in total. The Morgan fingerprint density at radius 1 is 1.10 bits per heavy atom. The van der Waals surface area contributed by atoms with Gasteiger partial charge in [0.2, 0.25) is 0 Å². The van der Waals surface area contributed by atoms with Crippen molar-refractivity contribution >= 4 is 5.78 Å². The van der Waals surface area contributed by atoms with Crippen LogP contribution >= 0.6 is 0 Å². The van der Waals surface area contributed by atoms with Crippen LogP contribution in [0.2, 0.25) is 0 Å². The first-order valence-electron chi connectivity index (χ1n) is 12.5. The zero-order chi connectivity index (χ0) is 21.0. The van der Waals surface area contributed by atoms with Crippen molar-refractivity contribution in [2.75, 3.05) is 0 Å². The standard InChI is InChI=1S/C27H44O2/c1-18(2)7-6-14-27(5,29)24-11-10-22-21-9-8-19-17-20(28)12-15-25(19,3)23(21)13-16-26(22,24)4/h17-18,21-24,29H,6-16H2,1-5H3/t21?,22?,23?,24?,25-,26-,27?/m0/s1. The summed E-state index contributed by atoms with van der Waals surface area (Å²) in [5.74, 6) is 3.83. The zero-order valence-electron chi connectivity index (χ0n) is 19.6. The van der Waals surface area contributed by atoms with Gasteiger partial charge < -0.3 is 5.11 Å². The van der Waals surface area contributed by atoms with E-state index in [9.17, 15) is 9.90 Å². The Labute approximate surface area is 178 Å². The first kappa shape index (κ1) is 21.6. The van der Waals surface area contributed by atoms with Gasteiger partial charge in [0.25, 0.3) is 0 Å². The van der Waals surface area contributed by atoms with Crippen molar-refractivity contribution in [1.29, 1.82) is 0 Å². The van der Waals surface area contributed by atoms with Gasteiger partial charge in [-0.25, -0.2) is 0 Å². The molecule has 0 amide bonds. The second-order valence-corrected chi connectivity index (χ2v) is 12.3. The third-order valence-corrected chi connectivity index (χ3v) is 10.2. The van der Waals surface area contributed by atoms with Crippen LogP contribution in [-0.4, -0.2) is 16.5 Å². The van der Waals surface area contributed by atoms with Gasteiger partial charge in [0.05, 0.1) is 5.60 Å². The quantitative estimate of drug-likeness (QED) is 0.556. The maximum Gasteiger partial charge on any atom is 0.155 e. The molecule has 3 fully saturated rings. The maximum atomic E-state index is 12.0. The normalized spacial score (nSPS) is 44.0. The molecule has 0 aromatic heterocycles. The molecular weight excluding hydrogens is 356 g/mol. The summed E-state index contributed by atoms with van der Waals surface area (Å²) in [5.41, 5.74) is 1.50. The summed E-state index contributed by atoms with van der Waals surface area (Å²) in [7, 11) is 0. The average Bonchev–Trinajstić information content (AvgIpc) is 3.00. The molecule has 0 heterocycles. The molecule has 29 heavy (non-hydrogen) atoms. The number of ketones is 1. The van der Waals surface area contributed by atoms with Gasteiger partial charge in [0.15, 0.2) is 5.78 Å². The number of carbonyl (C=O) groups is 1. The Bertz CT molecular complexity index is 674. The summed E-state index contributed by atoms with van der Waals surface area (Å²) in [4.78, 5) is 12.0. The molecule has 0 aromatic rings. The van der Waals surface area contributed by atoms with E-state index in [2.05, 4.69) is 34.6 Å². The van der Waals surface area contributed by atoms with Crippen LogP contribution in [-0.2, 0) is 4.79 Å². The summed E-state index contributed by atoms with van der Waals surface area (Å²) >= 11 is 0. The van der Waals surface area contributed by atoms with Gasteiger partial charge in [0, 0.05) is 6.42 Å². The molecule has 0 spiro atoms. The molecular formula is C27H44O2. The largest absolute Gasteiger partial charge is 0.390 e. The predicted molar refractivity (Wildman–Crippen MR) is 120 cm³/mol. The minimum absolute atomic E-state index is 0.260. The zero-order valence-corrected chi connectivity index (χ0v) is 19.6. The Morgan fingerprint density at radius 2 is 1.86 bits per heavy atom. The van der Waals surface area contributed by atoms with E-state index >= 15 is 0 Å². The highest BCUT2D eigenvalue weighted by Crippen LogP contribution is 2.68. The Kier molecular flexibility index (Phi) is 5.59. The summed E-state index contributed by atoms with van der Waals surface area (Å²) in [6.07, 6.45) is 14.6. The minimum Gasteiger partial charge on any atom is -0.390 e. The summed E-state index contributed by atoms with van der Waals surface area (Å²) < 4.78 is 0. The Morgan fingerprint density at radius 3 is 2.59 bits per heavy atom. The van der Waals surface area contributed by atoms with E-state index < -0.39 is 5.60 Å². The monoisotopic (exact) mass is 400 g/mol. The highest BCUT2D eigenvalue weighted by Gasteiger charge is 2.61. The van der Waals surface area contributed by atoms with Crippen molar-refractivity contribution in [1.82, 2.24) is 0 Å². The third kappa shape index (κ3) is 3.56. The van der Waals surface area contributed by atoms with Gasteiger partial charge in [-0.05, 0) is 105 Å². The second kappa shape index (κ2) is 7.50. The lowest BCUT2D eigenvalue weighted by Gasteiger charge is -2.59. The molecule has 3 saturated carbocycles. The molecule has 2 nitrogen and oxygen atoms in total. The topological polar surface area (TPSA) is 37.3 Å². The van der Waals surface area contributed by atoms with Crippen LogP contribution in [0.15, 0.2) is 11.6 Å². The van der Waals surface area contributed by atoms with Crippen LogP contribution < -0.4 is 0 Å². The molecule has 0 radical (unpaired) electrons. The van der Waals surface area contributed by atoms with Gasteiger partial charge in [-0.3, -0.25) is 4.79 Å². The van der Waals surface area contributed by atoms with E-state index in [0.717, 1.165) is 55.8 Å². The number of rotatable bonds is 5. The summed E-state index contributed by atoms with van der Waals surface area (Å²) in [5, 5.41) is 11.5. The molecule has 164 valence electrons. The molecule has 4 aliphatic carbocycles. The van der Waals surface area contributed by atoms with Crippen molar-refractivity contribution in [3.63, 3.8) is 0 Å². The lowest BCUT2D eigenvalue weighted by atomic mass is 9.46. The molecule has 0 bridgehead atoms. The van der Waals surface area contributed by atoms with Gasteiger partial charge >= 0.3 is 0 Å². The number of aliphatic hydroxyl groups is 1. The first-order chi connectivity index (χ1) is 13.6. The number of allylic oxidation sites excluding steroid dienone is 1. The van der Waals surface area contributed by atoms with E-state index in [1.165, 1.54) is 44.1 Å². The SMILES string of the molecule is CC(C)CCCC(C)(O)C1CCC2C3CCC4=CC(=O)CC[C@]4(C)C3CC[C@@]21C. The molecule has 2 heteroatoms. The molecule has 0 aromatic carbocycles. The van der Waals surface area contributed by atoms with E-state index in [0.29, 0.717) is 17.1 Å². The van der Waals surface area contributed by atoms with E-state index in [4.69, 9.17) is 0 Å². The van der Waals surface area contributed by atoms with E-state index in [-0.39, 0.29) is 5.41 Å². The van der Waals surface area contributed by atoms with Crippen molar-refractivity contribution in [2.24, 2.45) is 40.4 Å². The molecule has 0 aliphatic heterocycles. The van der Waals surface area contributed by atoms with Crippen molar-refractivity contribution in [3.05, 3.63) is 11.6 Å². The number of hydrogen-bond donors (Lipinski definition) is 1. The summed E-state index contributed by atoms with van der Waals surface area (Å²) in [6.45, 7) is 11.7. The highest BCUT2D eigenvalue weighted by molar-refractivity contribution is 5.91. The second-order valence-electron chi connectivity index (χ2n) is 12.3. The fraction of sp³-hybridized carbons (Fsp3) is 0.889.